The fourth-order valence-corrected chi connectivity index (χ4v) is 9.33. The number of anilines is 2. The number of thiophene rings is 1. The van der Waals surface area contributed by atoms with Crippen molar-refractivity contribution in [3.8, 4) is 21.9 Å². The highest BCUT2D eigenvalue weighted by Gasteiger charge is 2.30. The molecule has 288 valence electrons. The summed E-state index contributed by atoms with van der Waals surface area (Å²) in [5, 5.41) is 24.4. The van der Waals surface area contributed by atoms with Gasteiger partial charge in [0.2, 0.25) is 0 Å². The highest BCUT2D eigenvalue weighted by molar-refractivity contribution is 7.94. The van der Waals surface area contributed by atoms with E-state index in [0.29, 0.717) is 46.3 Å². The molecule has 4 aromatic carbocycles. The number of halogens is 2. The quantitative estimate of drug-likeness (QED) is 0.0916. The van der Waals surface area contributed by atoms with E-state index in [0.717, 1.165) is 17.5 Å². The molecule has 0 amide bonds. The van der Waals surface area contributed by atoms with Gasteiger partial charge in [0.1, 0.15) is 26.8 Å². The molecule has 6 aromatic rings. The summed E-state index contributed by atoms with van der Waals surface area (Å²) >= 11 is 6.87. The van der Waals surface area contributed by atoms with Gasteiger partial charge in [-0.15, -0.1) is 11.3 Å². The second-order valence-corrected chi connectivity index (χ2v) is 17.7. The Morgan fingerprint density at radius 3 is 2.16 bits per heavy atom. The number of carboxylic acid groups (broad SMARTS) is 2. The maximum absolute atomic E-state index is 13.3. The molecule has 0 unspecified atom stereocenters. The summed E-state index contributed by atoms with van der Waals surface area (Å²) in [4.78, 5) is 26.7. The third-order valence-corrected chi connectivity index (χ3v) is 13.2. The maximum atomic E-state index is 13.3. The van der Waals surface area contributed by atoms with Crippen molar-refractivity contribution in [3.05, 3.63) is 137 Å². The van der Waals surface area contributed by atoms with Gasteiger partial charge in [0, 0.05) is 29.5 Å². The van der Waals surface area contributed by atoms with Crippen molar-refractivity contribution in [1.82, 2.24) is 14.7 Å². The van der Waals surface area contributed by atoms with Crippen LogP contribution < -0.4 is 14.2 Å². The van der Waals surface area contributed by atoms with Gasteiger partial charge >= 0.3 is 11.9 Å². The predicted molar refractivity (Wildman–Crippen MR) is 206 cm³/mol. The summed E-state index contributed by atoms with van der Waals surface area (Å²) in [5.41, 5.74) is 0.920. The number of hydrogen-bond acceptors (Lipinski definition) is 10. The number of nitrogens with zero attached hydrogens (tertiary/aromatic N) is 3. The van der Waals surface area contributed by atoms with Crippen LogP contribution in [0.3, 0.4) is 0 Å². The van der Waals surface area contributed by atoms with Crippen molar-refractivity contribution in [1.29, 1.82) is 0 Å². The molecule has 1 saturated heterocycles. The van der Waals surface area contributed by atoms with Gasteiger partial charge in [-0.3, -0.25) is 14.3 Å². The fraction of sp³-hybridized carbons (Fsp3) is 0.108. The second-order valence-electron chi connectivity index (χ2n) is 12.6. The van der Waals surface area contributed by atoms with Crippen molar-refractivity contribution in [2.75, 3.05) is 22.5 Å². The summed E-state index contributed by atoms with van der Waals surface area (Å²) in [6.07, 6.45) is 2.08. The minimum atomic E-state index is -4.20. The number of likely N-dealkylation sites (tertiary alicyclic amines) is 1. The number of carboxylic acids is 2. The number of benzene rings is 4. The molecule has 0 bridgehead atoms. The molecule has 56 heavy (non-hydrogen) atoms. The standard InChI is InChI=1S/C37H29ClFN5O9S3/c38-24-4-8-26(9-5-24)44-21-29(17-40-44)55(49,50)41-32-11-1-22(15-30(32)36(45)46)18-43-19-28(20-43)53-27-10-12-33(31(16-27)37(47)48)42-56(51,52)35-14-13-34(54-35)23-2-6-25(39)7-3-23/h1-17,21,28,41-42H,18-20H2,(H,45,46)(H,47,48). The van der Waals surface area contributed by atoms with Crippen LogP contribution in [0.15, 0.2) is 119 Å². The molecular weight excluding hydrogens is 809 g/mol. The summed E-state index contributed by atoms with van der Waals surface area (Å²) in [7, 11) is -8.37. The molecule has 0 radical (unpaired) electrons. The molecule has 3 heterocycles. The fourth-order valence-electron chi connectivity index (χ4n) is 5.81. The van der Waals surface area contributed by atoms with Crippen LogP contribution in [0.4, 0.5) is 15.8 Å². The van der Waals surface area contributed by atoms with E-state index >= 15 is 0 Å². The van der Waals surface area contributed by atoms with E-state index < -0.39 is 37.8 Å². The SMILES string of the molecule is O=C(O)c1cc(CN2CC(Oc3ccc(NS(=O)(=O)c4ccc(-c5ccc(F)cc5)s4)c(C(=O)O)c3)C2)ccc1NS(=O)(=O)c1cnn(-c2ccc(Cl)cc2)c1. The number of nitrogens with one attached hydrogen (secondary N) is 2. The molecule has 0 atom stereocenters. The van der Waals surface area contributed by atoms with Gasteiger partial charge in [0.15, 0.2) is 0 Å². The Morgan fingerprint density at radius 2 is 1.48 bits per heavy atom. The van der Waals surface area contributed by atoms with Gasteiger partial charge in [-0.25, -0.2) is 35.5 Å². The number of sulfonamides is 2. The second kappa shape index (κ2) is 15.4. The molecule has 1 aliphatic rings. The van der Waals surface area contributed by atoms with Crippen LogP contribution in [0.1, 0.15) is 26.3 Å². The average molecular weight is 838 g/mol. The lowest BCUT2D eigenvalue weighted by molar-refractivity contribution is 0.0144. The van der Waals surface area contributed by atoms with Crippen LogP contribution in [-0.4, -0.2) is 72.9 Å². The Balaban J connectivity index is 0.964. The normalized spacial score (nSPS) is 13.5. The van der Waals surface area contributed by atoms with Crippen molar-refractivity contribution >= 4 is 66.3 Å². The van der Waals surface area contributed by atoms with Crippen LogP contribution in [0.2, 0.25) is 5.02 Å². The van der Waals surface area contributed by atoms with Crippen molar-refractivity contribution in [2.45, 2.75) is 21.8 Å². The molecule has 7 rings (SSSR count). The largest absolute Gasteiger partial charge is 0.488 e. The van der Waals surface area contributed by atoms with Crippen molar-refractivity contribution in [3.63, 3.8) is 0 Å². The molecule has 0 aliphatic carbocycles. The predicted octanol–water partition coefficient (Wildman–Crippen LogP) is 6.65. The highest BCUT2D eigenvalue weighted by Crippen LogP contribution is 2.33. The zero-order chi connectivity index (χ0) is 39.8. The molecule has 1 aliphatic heterocycles. The first-order valence-electron chi connectivity index (χ1n) is 16.5. The molecule has 14 nitrogen and oxygen atoms in total. The summed E-state index contributed by atoms with van der Waals surface area (Å²) in [6.45, 7) is 1.12. The van der Waals surface area contributed by atoms with Crippen LogP contribution in [-0.2, 0) is 26.6 Å². The number of aromatic nitrogens is 2. The average Bonchev–Trinajstić information content (AvgIpc) is 3.85. The van der Waals surface area contributed by atoms with Gasteiger partial charge in [0.25, 0.3) is 20.0 Å². The third kappa shape index (κ3) is 8.53. The monoisotopic (exact) mass is 837 g/mol. The van der Waals surface area contributed by atoms with Crippen molar-refractivity contribution in [2.24, 2.45) is 0 Å². The first-order chi connectivity index (χ1) is 26.6. The Bertz CT molecular complexity index is 2500. The lowest BCUT2D eigenvalue weighted by Crippen LogP contribution is -2.53. The molecule has 2 aromatic heterocycles. The first kappa shape index (κ1) is 38.5. The molecule has 4 N–H and O–H groups in total. The van der Waals surface area contributed by atoms with E-state index in [1.165, 1.54) is 71.5 Å². The van der Waals surface area contributed by atoms with Crippen LogP contribution in [0.25, 0.3) is 16.1 Å². The lowest BCUT2D eigenvalue weighted by Gasteiger charge is -2.39. The Morgan fingerprint density at radius 1 is 0.839 bits per heavy atom. The lowest BCUT2D eigenvalue weighted by atomic mass is 10.1. The van der Waals surface area contributed by atoms with Crippen LogP contribution in [0, 0.1) is 5.82 Å². The van der Waals surface area contributed by atoms with Gasteiger partial charge < -0.3 is 14.9 Å². The minimum absolute atomic E-state index is 0.0616. The van der Waals surface area contributed by atoms with E-state index in [4.69, 9.17) is 16.3 Å². The van der Waals surface area contributed by atoms with Gasteiger partial charge in [-0.1, -0.05) is 29.8 Å². The zero-order valence-corrected chi connectivity index (χ0v) is 31.9. The number of carbonyl (C=O) groups is 2. The van der Waals surface area contributed by atoms with Gasteiger partial charge in [-0.2, -0.15) is 5.10 Å². The van der Waals surface area contributed by atoms with E-state index in [-0.39, 0.29) is 43.5 Å². The smallest absolute Gasteiger partial charge is 0.337 e. The Labute approximate surface area is 328 Å². The Hall–Kier alpha value is -5.79. The first-order valence-corrected chi connectivity index (χ1v) is 20.6. The highest BCUT2D eigenvalue weighted by atomic mass is 35.5. The van der Waals surface area contributed by atoms with E-state index in [1.54, 1.807) is 36.4 Å². The molecule has 0 saturated carbocycles. The topological polar surface area (TPSA) is 197 Å². The molecular formula is C37H29ClFN5O9S3. The van der Waals surface area contributed by atoms with Crippen LogP contribution in [0.5, 0.6) is 5.75 Å². The Kier molecular flexibility index (Phi) is 10.6. The molecule has 0 spiro atoms. The van der Waals surface area contributed by atoms with Crippen molar-refractivity contribution < 1.29 is 45.8 Å². The van der Waals surface area contributed by atoms with Gasteiger partial charge in [-0.05, 0) is 90.0 Å². The number of aromatic carboxylic acids is 2. The number of hydrogen-bond donors (Lipinski definition) is 4. The summed E-state index contributed by atoms with van der Waals surface area (Å²) in [5.74, 6) is -2.94. The van der Waals surface area contributed by atoms with E-state index in [9.17, 15) is 41.0 Å². The minimum Gasteiger partial charge on any atom is -0.488 e. The van der Waals surface area contributed by atoms with E-state index in [1.807, 2.05) is 4.90 Å². The maximum Gasteiger partial charge on any atom is 0.337 e. The van der Waals surface area contributed by atoms with Gasteiger partial charge in [0.05, 0.1) is 40.6 Å². The van der Waals surface area contributed by atoms with Crippen LogP contribution >= 0.6 is 22.9 Å². The number of rotatable bonds is 14. The molecule has 19 heteroatoms. The third-order valence-electron chi connectivity index (χ3n) is 8.59. The number of ether oxygens (including phenoxy) is 1. The zero-order valence-electron chi connectivity index (χ0n) is 28.7. The summed E-state index contributed by atoms with van der Waals surface area (Å²) < 4.78 is 77.9. The van der Waals surface area contributed by atoms with E-state index in [2.05, 4.69) is 14.5 Å². The summed E-state index contributed by atoms with van der Waals surface area (Å²) in [6, 6.07) is 23.5. The molecule has 1 fully saturated rings.